The summed E-state index contributed by atoms with van der Waals surface area (Å²) in [7, 11) is 0. The quantitative estimate of drug-likeness (QED) is 0.120. The van der Waals surface area contributed by atoms with Crippen LogP contribution in [0.15, 0.2) is 91.2 Å². The molecule has 4 aliphatic heterocycles. The Labute approximate surface area is 278 Å². The summed E-state index contributed by atoms with van der Waals surface area (Å²) in [5, 5.41) is 5.28. The molecule has 0 N–H and O–H groups in total. The highest BCUT2D eigenvalue weighted by molar-refractivity contribution is 6.11. The highest BCUT2D eigenvalue weighted by Gasteiger charge is 2.24. The van der Waals surface area contributed by atoms with E-state index in [4.69, 9.17) is 46.7 Å². The van der Waals surface area contributed by atoms with Gasteiger partial charge in [0.05, 0.1) is 21.5 Å². The molecule has 12 nitrogen and oxygen atoms in total. The first-order valence-corrected chi connectivity index (χ1v) is 15.6. The molecule has 0 unspecified atom stereocenters. The smallest absolute Gasteiger partial charge is 0.231 e. The average molecular weight is 669 g/mol. The topological polar surface area (TPSA) is 134 Å². The van der Waals surface area contributed by atoms with Crippen molar-refractivity contribution in [2.24, 2.45) is 0 Å². The normalized spacial score (nSPS) is 14.7. The van der Waals surface area contributed by atoms with Crippen LogP contribution >= 0.6 is 0 Å². The van der Waals surface area contributed by atoms with Crippen LogP contribution in [0, 0.1) is 0 Å². The van der Waals surface area contributed by atoms with E-state index in [2.05, 4.69) is 0 Å². The molecule has 4 aliphatic rings. The first-order chi connectivity index (χ1) is 24.6. The lowest BCUT2D eigenvalue weighted by Gasteiger charge is -2.07. The van der Waals surface area contributed by atoms with Gasteiger partial charge in [0, 0.05) is 16.8 Å². The third-order valence-electron chi connectivity index (χ3n) is 9.29. The van der Waals surface area contributed by atoms with Gasteiger partial charge in [-0.2, -0.15) is 0 Å². The zero-order chi connectivity index (χ0) is 33.1. The van der Waals surface area contributed by atoms with Crippen molar-refractivity contribution in [2.75, 3.05) is 27.2 Å². The number of fused-ring (bicyclic) bond motifs is 13. The highest BCUT2D eigenvalue weighted by atomic mass is 16.7. The Kier molecular flexibility index (Phi) is 5.36. The average Bonchev–Trinajstić information content (AvgIpc) is 3.96. The van der Waals surface area contributed by atoms with Crippen molar-refractivity contribution >= 4 is 65.4 Å². The first-order valence-electron chi connectivity index (χ1n) is 15.6. The number of rotatable bonds is 0. The lowest BCUT2D eigenvalue weighted by molar-refractivity contribution is 0.173. The summed E-state index contributed by atoms with van der Waals surface area (Å²) < 4.78 is 55.3. The number of ether oxygens (including phenoxy) is 8. The predicted molar refractivity (Wildman–Crippen MR) is 179 cm³/mol. The molecule has 6 aromatic carbocycles. The molecule has 0 spiro atoms. The van der Waals surface area contributed by atoms with Crippen LogP contribution in [0.4, 0.5) is 0 Å². The van der Waals surface area contributed by atoms with Gasteiger partial charge in [0.15, 0.2) is 45.8 Å². The van der Waals surface area contributed by atoms with Gasteiger partial charge in [-0.1, -0.05) is 12.1 Å². The zero-order valence-electron chi connectivity index (χ0n) is 25.7. The van der Waals surface area contributed by atoms with Crippen molar-refractivity contribution in [2.45, 2.75) is 0 Å². The molecule has 0 saturated heterocycles. The lowest BCUT2D eigenvalue weighted by Crippen LogP contribution is -2.03. The minimum Gasteiger partial charge on any atom is -0.456 e. The molecule has 0 bridgehead atoms. The van der Waals surface area contributed by atoms with Gasteiger partial charge in [0.25, 0.3) is 0 Å². The third-order valence-corrected chi connectivity index (χ3v) is 9.29. The third kappa shape index (κ3) is 3.81. The molecule has 6 heterocycles. The monoisotopic (exact) mass is 668 g/mol. The van der Waals surface area contributed by atoms with Gasteiger partial charge in [-0.15, -0.1) is 0 Å². The molecule has 0 radical (unpaired) electrons. The predicted octanol–water partition coefficient (Wildman–Crippen LogP) is 7.11. The standard InChI is InChI=1S/2C19H10O6/c20-17-10-2-4-13-19(24-8-21-13)18(10)25-12-3-1-9-5-14-15(23-7-22-14)6-11(9)16(12)17;20-19-11-5-16-17(24-8-23-16)6-13(11)25-12-2-1-9-3-14-15(22-7-21-14)4-10(9)18(12)19/h2*1-6H,7-8H2. The highest BCUT2D eigenvalue weighted by Crippen LogP contribution is 2.43. The molecule has 12 heteroatoms. The number of hydrogen-bond donors (Lipinski definition) is 0. The largest absolute Gasteiger partial charge is 0.456 e. The van der Waals surface area contributed by atoms with E-state index in [1.54, 1.807) is 36.4 Å². The van der Waals surface area contributed by atoms with Crippen molar-refractivity contribution in [3.8, 4) is 46.0 Å². The Morgan fingerprint density at radius 2 is 0.860 bits per heavy atom. The maximum atomic E-state index is 13.2. The van der Waals surface area contributed by atoms with Crippen LogP contribution in [0.3, 0.4) is 0 Å². The summed E-state index contributed by atoms with van der Waals surface area (Å²) in [5.41, 5.74) is 1.67. The number of benzene rings is 6. The van der Waals surface area contributed by atoms with Crippen LogP contribution < -0.4 is 48.8 Å². The summed E-state index contributed by atoms with van der Waals surface area (Å²) in [4.78, 5) is 26.3. The van der Waals surface area contributed by atoms with Crippen molar-refractivity contribution in [1.29, 1.82) is 0 Å². The Hall–Kier alpha value is -6.82. The molecule has 244 valence electrons. The molecule has 0 aliphatic carbocycles. The fraction of sp³-hybridized carbons (Fsp3) is 0.105. The van der Waals surface area contributed by atoms with Gasteiger partial charge in [-0.3, -0.25) is 9.59 Å². The Morgan fingerprint density at radius 1 is 0.380 bits per heavy atom. The van der Waals surface area contributed by atoms with Crippen LogP contribution in [0.1, 0.15) is 0 Å². The summed E-state index contributed by atoms with van der Waals surface area (Å²) in [6, 6.07) is 21.6. The first kappa shape index (κ1) is 27.2. The van der Waals surface area contributed by atoms with E-state index in [9.17, 15) is 9.59 Å². The van der Waals surface area contributed by atoms with Crippen molar-refractivity contribution < 1.29 is 46.7 Å². The van der Waals surface area contributed by atoms with Crippen molar-refractivity contribution in [1.82, 2.24) is 0 Å². The van der Waals surface area contributed by atoms with Crippen LogP contribution in [0.5, 0.6) is 46.0 Å². The van der Waals surface area contributed by atoms with E-state index in [1.807, 2.05) is 36.4 Å². The second-order valence-corrected chi connectivity index (χ2v) is 12.0. The van der Waals surface area contributed by atoms with Crippen LogP contribution in [-0.4, -0.2) is 27.2 Å². The fourth-order valence-electron chi connectivity index (χ4n) is 6.94. The molecule has 12 rings (SSSR count). The van der Waals surface area contributed by atoms with Crippen LogP contribution in [0.25, 0.3) is 65.4 Å². The Bertz CT molecular complexity index is 2860. The molecular formula is C38H20O12. The van der Waals surface area contributed by atoms with E-state index in [0.717, 1.165) is 21.5 Å². The summed E-state index contributed by atoms with van der Waals surface area (Å²) in [6.07, 6.45) is 0. The molecule has 0 atom stereocenters. The van der Waals surface area contributed by atoms with Gasteiger partial charge < -0.3 is 46.7 Å². The molecule has 0 amide bonds. The van der Waals surface area contributed by atoms with E-state index in [-0.39, 0.29) is 38.0 Å². The van der Waals surface area contributed by atoms with Crippen LogP contribution in [-0.2, 0) is 0 Å². The minimum atomic E-state index is -0.112. The molecule has 2 aromatic heterocycles. The summed E-state index contributed by atoms with van der Waals surface area (Å²) in [5.74, 6) is 4.81. The van der Waals surface area contributed by atoms with Gasteiger partial charge in [0.1, 0.15) is 16.7 Å². The van der Waals surface area contributed by atoms with Crippen LogP contribution in [0.2, 0.25) is 0 Å². The summed E-state index contributed by atoms with van der Waals surface area (Å²) in [6.45, 7) is 0.637. The van der Waals surface area contributed by atoms with Gasteiger partial charge in [-0.25, -0.2) is 0 Å². The number of hydrogen-bond acceptors (Lipinski definition) is 12. The Balaban J connectivity index is 0.000000120. The van der Waals surface area contributed by atoms with Crippen molar-refractivity contribution in [3.05, 3.63) is 93.2 Å². The SMILES string of the molecule is O=c1c2cc3c(cc2oc2ccc4cc5c(cc4c12)OCO5)OCO3.O=c1c2ccc3c(c2oc2ccc4cc5c(cc4c12)OCO5)OCO3. The molecule has 50 heavy (non-hydrogen) atoms. The zero-order valence-corrected chi connectivity index (χ0v) is 25.7. The fourth-order valence-corrected chi connectivity index (χ4v) is 6.94. The van der Waals surface area contributed by atoms with E-state index in [0.29, 0.717) is 89.9 Å². The molecular weight excluding hydrogens is 648 g/mol. The van der Waals surface area contributed by atoms with Crippen molar-refractivity contribution in [3.63, 3.8) is 0 Å². The second kappa shape index (κ2) is 9.86. The minimum absolute atomic E-state index is 0.112. The van der Waals surface area contributed by atoms with E-state index >= 15 is 0 Å². The van der Waals surface area contributed by atoms with Gasteiger partial charge >= 0.3 is 0 Å². The van der Waals surface area contributed by atoms with E-state index in [1.165, 1.54) is 0 Å². The maximum Gasteiger partial charge on any atom is 0.231 e. The lowest BCUT2D eigenvalue weighted by atomic mass is 10.0. The molecule has 8 aromatic rings. The van der Waals surface area contributed by atoms with E-state index < -0.39 is 0 Å². The second-order valence-electron chi connectivity index (χ2n) is 12.0. The molecule has 0 saturated carbocycles. The van der Waals surface area contributed by atoms with Gasteiger partial charge in [-0.05, 0) is 65.4 Å². The summed E-state index contributed by atoms with van der Waals surface area (Å²) >= 11 is 0. The maximum absolute atomic E-state index is 13.2. The Morgan fingerprint density at radius 3 is 1.48 bits per heavy atom. The van der Waals surface area contributed by atoms with Gasteiger partial charge in [0.2, 0.25) is 43.8 Å². The molecule has 0 fully saturated rings.